The highest BCUT2D eigenvalue weighted by Gasteiger charge is 2.45. The lowest BCUT2D eigenvalue weighted by Gasteiger charge is -2.22. The van der Waals surface area contributed by atoms with Crippen LogP contribution in [0.5, 0.6) is 0 Å². The van der Waals surface area contributed by atoms with Crippen LogP contribution in [-0.4, -0.2) is 53.6 Å². The van der Waals surface area contributed by atoms with Gasteiger partial charge in [-0.2, -0.15) is 4.31 Å². The Morgan fingerprint density at radius 3 is 2.50 bits per heavy atom. The molecule has 0 N–H and O–H groups in total. The maximum atomic E-state index is 13.0. The first-order valence-electron chi connectivity index (χ1n) is 7.98. The second kappa shape index (κ2) is 5.96. The minimum Gasteiger partial charge on any atom is -0.268 e. The van der Waals surface area contributed by atoms with Crippen LogP contribution in [0.3, 0.4) is 0 Å². The highest BCUT2D eigenvalue weighted by molar-refractivity contribution is 7.89. The standard InChI is InChI=1S/C17H14FN3O4S/c18-11-3-5-13(6-4-11)26(24,25)20-9-7-12(10-20)21-16(22)14-2-1-8-19-15(14)17(21)23/h1-6,8,12H,7,9-10H2. The topological polar surface area (TPSA) is 87.7 Å². The normalized spacial score (nSPS) is 20.7. The summed E-state index contributed by atoms with van der Waals surface area (Å²) in [7, 11) is -3.82. The molecule has 1 fully saturated rings. The van der Waals surface area contributed by atoms with Gasteiger partial charge in [-0.05, 0) is 42.8 Å². The van der Waals surface area contributed by atoms with E-state index in [4.69, 9.17) is 0 Å². The molecule has 9 heteroatoms. The fourth-order valence-corrected chi connectivity index (χ4v) is 4.80. The van der Waals surface area contributed by atoms with Crippen molar-refractivity contribution in [1.82, 2.24) is 14.2 Å². The average molecular weight is 375 g/mol. The number of halogens is 1. The molecule has 2 aromatic rings. The molecule has 1 unspecified atom stereocenters. The third kappa shape index (κ3) is 2.51. The van der Waals surface area contributed by atoms with E-state index in [1.165, 1.54) is 28.7 Å². The van der Waals surface area contributed by atoms with Gasteiger partial charge in [-0.25, -0.2) is 12.8 Å². The minimum atomic E-state index is -3.82. The summed E-state index contributed by atoms with van der Waals surface area (Å²) in [6, 6.07) is 7.11. The van der Waals surface area contributed by atoms with E-state index in [1.54, 1.807) is 6.07 Å². The molecule has 2 aliphatic rings. The van der Waals surface area contributed by atoms with Crippen molar-refractivity contribution in [2.75, 3.05) is 13.1 Å². The molecule has 3 heterocycles. The van der Waals surface area contributed by atoms with Crippen LogP contribution in [0.4, 0.5) is 4.39 Å². The van der Waals surface area contributed by atoms with Crippen molar-refractivity contribution in [3.8, 4) is 0 Å². The number of pyridine rings is 1. The van der Waals surface area contributed by atoms with Gasteiger partial charge >= 0.3 is 0 Å². The molecule has 1 aromatic carbocycles. The third-order valence-corrected chi connectivity index (χ3v) is 6.50. The van der Waals surface area contributed by atoms with Gasteiger partial charge in [0.05, 0.1) is 16.5 Å². The van der Waals surface area contributed by atoms with E-state index >= 15 is 0 Å². The zero-order chi connectivity index (χ0) is 18.5. The van der Waals surface area contributed by atoms with Gasteiger partial charge in [-0.3, -0.25) is 19.5 Å². The Hall–Kier alpha value is -2.65. The SMILES string of the molecule is O=C1c2cccnc2C(=O)N1C1CCN(S(=O)(=O)c2ccc(F)cc2)C1. The first kappa shape index (κ1) is 16.8. The van der Waals surface area contributed by atoms with Crippen molar-refractivity contribution in [1.29, 1.82) is 0 Å². The van der Waals surface area contributed by atoms with Gasteiger partial charge in [-0.15, -0.1) is 0 Å². The van der Waals surface area contributed by atoms with Gasteiger partial charge in [0.15, 0.2) is 0 Å². The Morgan fingerprint density at radius 2 is 1.81 bits per heavy atom. The Balaban J connectivity index is 1.57. The van der Waals surface area contributed by atoms with Gasteiger partial charge in [0.2, 0.25) is 10.0 Å². The molecule has 0 spiro atoms. The van der Waals surface area contributed by atoms with Crippen LogP contribution in [0.15, 0.2) is 47.5 Å². The second-order valence-corrected chi connectivity index (χ2v) is 8.08. The fourth-order valence-electron chi connectivity index (χ4n) is 3.31. The minimum absolute atomic E-state index is 0.00514. The van der Waals surface area contributed by atoms with Gasteiger partial charge < -0.3 is 0 Å². The number of carbonyl (C=O) groups excluding carboxylic acids is 2. The number of sulfonamides is 1. The number of nitrogens with zero attached hydrogens (tertiary/aromatic N) is 3. The number of aromatic nitrogens is 1. The van der Waals surface area contributed by atoms with E-state index in [9.17, 15) is 22.4 Å². The summed E-state index contributed by atoms with van der Waals surface area (Å²) in [6.07, 6.45) is 1.78. The van der Waals surface area contributed by atoms with Crippen LogP contribution >= 0.6 is 0 Å². The lowest BCUT2D eigenvalue weighted by atomic mass is 10.2. The molecule has 0 aliphatic carbocycles. The van der Waals surface area contributed by atoms with E-state index in [0.717, 1.165) is 17.0 Å². The lowest BCUT2D eigenvalue weighted by molar-refractivity contribution is 0.0591. The van der Waals surface area contributed by atoms with Crippen LogP contribution in [0.2, 0.25) is 0 Å². The average Bonchev–Trinajstić information content (AvgIpc) is 3.20. The van der Waals surface area contributed by atoms with E-state index in [-0.39, 0.29) is 29.2 Å². The molecule has 134 valence electrons. The third-order valence-electron chi connectivity index (χ3n) is 4.62. The van der Waals surface area contributed by atoms with Crippen LogP contribution in [0, 0.1) is 5.82 Å². The molecule has 1 aromatic heterocycles. The van der Waals surface area contributed by atoms with E-state index in [2.05, 4.69) is 4.98 Å². The van der Waals surface area contributed by atoms with Crippen molar-refractivity contribution in [3.63, 3.8) is 0 Å². The van der Waals surface area contributed by atoms with E-state index in [1.807, 2.05) is 0 Å². The van der Waals surface area contributed by atoms with Gasteiger partial charge in [0.25, 0.3) is 11.8 Å². The Bertz CT molecular complexity index is 972. The Morgan fingerprint density at radius 1 is 1.08 bits per heavy atom. The summed E-state index contributed by atoms with van der Waals surface area (Å²) in [4.78, 5) is 30.0. The molecule has 0 saturated carbocycles. The molecule has 1 saturated heterocycles. The lowest BCUT2D eigenvalue weighted by Crippen LogP contribution is -2.42. The second-order valence-electron chi connectivity index (χ2n) is 6.14. The Labute approximate surface area is 149 Å². The van der Waals surface area contributed by atoms with E-state index in [0.29, 0.717) is 6.42 Å². The molecule has 2 aliphatic heterocycles. The summed E-state index contributed by atoms with van der Waals surface area (Å²) in [5.41, 5.74) is 0.328. The van der Waals surface area contributed by atoms with Crippen molar-refractivity contribution < 1.29 is 22.4 Å². The number of imide groups is 1. The molecule has 0 radical (unpaired) electrons. The highest BCUT2D eigenvalue weighted by atomic mass is 32.2. The molecule has 0 bridgehead atoms. The summed E-state index contributed by atoms with van der Waals surface area (Å²) < 4.78 is 39.6. The molecule has 7 nitrogen and oxygen atoms in total. The predicted octanol–water partition coefficient (Wildman–Crippen LogP) is 1.28. The smallest absolute Gasteiger partial charge is 0.268 e. The maximum Gasteiger partial charge on any atom is 0.280 e. The monoisotopic (exact) mass is 375 g/mol. The maximum absolute atomic E-state index is 13.0. The first-order valence-corrected chi connectivity index (χ1v) is 9.42. The number of benzene rings is 1. The van der Waals surface area contributed by atoms with Crippen LogP contribution in [-0.2, 0) is 10.0 Å². The van der Waals surface area contributed by atoms with Crippen molar-refractivity contribution in [2.45, 2.75) is 17.4 Å². The zero-order valence-electron chi connectivity index (χ0n) is 13.5. The van der Waals surface area contributed by atoms with Crippen molar-refractivity contribution in [3.05, 3.63) is 59.7 Å². The van der Waals surface area contributed by atoms with Crippen LogP contribution in [0.25, 0.3) is 0 Å². The first-order chi connectivity index (χ1) is 12.4. The quantitative estimate of drug-likeness (QED) is 0.754. The molecular formula is C17H14FN3O4S. The molecule has 1 atom stereocenters. The molecule has 4 rings (SSSR count). The van der Waals surface area contributed by atoms with Gasteiger partial charge in [0.1, 0.15) is 11.5 Å². The summed E-state index contributed by atoms with van der Waals surface area (Å²) in [6.45, 7) is 0.177. The highest BCUT2D eigenvalue weighted by Crippen LogP contribution is 2.29. The number of hydrogen-bond acceptors (Lipinski definition) is 5. The predicted molar refractivity (Wildman–Crippen MR) is 88.3 cm³/mol. The van der Waals surface area contributed by atoms with Gasteiger partial charge in [-0.1, -0.05) is 0 Å². The van der Waals surface area contributed by atoms with Crippen LogP contribution in [0.1, 0.15) is 27.3 Å². The number of carbonyl (C=O) groups is 2. The van der Waals surface area contributed by atoms with Crippen LogP contribution < -0.4 is 0 Å². The number of amides is 2. The molecule has 26 heavy (non-hydrogen) atoms. The molecule has 2 amide bonds. The van der Waals surface area contributed by atoms with Crippen molar-refractivity contribution >= 4 is 21.8 Å². The zero-order valence-corrected chi connectivity index (χ0v) is 14.3. The summed E-state index contributed by atoms with van der Waals surface area (Å²) in [5.74, 6) is -1.48. The number of fused-ring (bicyclic) bond motifs is 1. The number of rotatable bonds is 3. The van der Waals surface area contributed by atoms with Gasteiger partial charge in [0, 0.05) is 19.3 Å². The summed E-state index contributed by atoms with van der Waals surface area (Å²) >= 11 is 0. The molecular weight excluding hydrogens is 361 g/mol. The van der Waals surface area contributed by atoms with E-state index < -0.39 is 33.7 Å². The largest absolute Gasteiger partial charge is 0.280 e. The Kier molecular flexibility index (Phi) is 3.85. The number of hydrogen-bond donors (Lipinski definition) is 0. The van der Waals surface area contributed by atoms with Crippen molar-refractivity contribution in [2.24, 2.45) is 0 Å². The fraction of sp³-hybridized carbons (Fsp3) is 0.235. The summed E-state index contributed by atoms with van der Waals surface area (Å²) in [5, 5.41) is 0.